The minimum atomic E-state index is -3.33. The number of hydrogen-bond donors (Lipinski definition) is 4. The second-order valence-electron chi connectivity index (χ2n) is 8.07. The second kappa shape index (κ2) is 8.89. The number of amides is 1. The van der Waals surface area contributed by atoms with E-state index in [1.807, 2.05) is 6.08 Å². The number of anilines is 1. The minimum absolute atomic E-state index is 0.0348. The number of nitrogens with one attached hydrogen (secondary N) is 2. The number of aromatic nitrogens is 2. The molecule has 1 unspecified atom stereocenters. The van der Waals surface area contributed by atoms with Crippen LogP contribution in [0, 0.1) is 0 Å². The van der Waals surface area contributed by atoms with Crippen LogP contribution in [0.4, 0.5) is 18.9 Å². The first-order valence-corrected chi connectivity index (χ1v) is 10.5. The molecule has 0 fully saturated rings. The Morgan fingerprint density at radius 1 is 1.39 bits per heavy atom. The zero-order valence-electron chi connectivity index (χ0n) is 17.6. The fourth-order valence-corrected chi connectivity index (χ4v) is 4.05. The van der Waals surface area contributed by atoms with Crippen LogP contribution in [0.25, 0.3) is 11.0 Å². The number of carbonyl (C=O) groups excluding carboxylic acids is 1. The monoisotopic (exact) mass is 464 g/mol. The van der Waals surface area contributed by atoms with Crippen molar-refractivity contribution in [3.05, 3.63) is 51.5 Å². The zero-order chi connectivity index (χ0) is 23.8. The van der Waals surface area contributed by atoms with E-state index in [0.29, 0.717) is 18.4 Å². The number of alkyl halides is 3. The van der Waals surface area contributed by atoms with Crippen molar-refractivity contribution >= 4 is 22.6 Å². The molecule has 4 rings (SSSR count). The summed E-state index contributed by atoms with van der Waals surface area (Å²) in [7, 11) is 0. The van der Waals surface area contributed by atoms with Crippen molar-refractivity contribution in [1.29, 1.82) is 0 Å². The van der Waals surface area contributed by atoms with E-state index < -0.39 is 54.6 Å². The van der Waals surface area contributed by atoms with Crippen LogP contribution in [-0.4, -0.2) is 57.5 Å². The van der Waals surface area contributed by atoms with Crippen LogP contribution in [-0.2, 0) is 13.0 Å². The lowest BCUT2D eigenvalue weighted by Gasteiger charge is -2.17. The molecule has 0 saturated heterocycles. The quantitative estimate of drug-likeness (QED) is 0.538. The van der Waals surface area contributed by atoms with Gasteiger partial charge in [-0.25, -0.2) is 13.2 Å². The van der Waals surface area contributed by atoms with E-state index in [9.17, 15) is 27.9 Å². The summed E-state index contributed by atoms with van der Waals surface area (Å²) in [4.78, 5) is 29.7. The Morgan fingerprint density at radius 2 is 2.18 bits per heavy atom. The summed E-state index contributed by atoms with van der Waals surface area (Å²) in [5.74, 6) is -5.05. The predicted octanol–water partition coefficient (Wildman–Crippen LogP) is 2.04. The van der Waals surface area contributed by atoms with E-state index in [0.717, 1.165) is 10.1 Å². The maximum absolute atomic E-state index is 14.6. The van der Waals surface area contributed by atoms with Crippen LogP contribution in [0.2, 0.25) is 0 Å². The summed E-state index contributed by atoms with van der Waals surface area (Å²) < 4.78 is 43.5. The van der Waals surface area contributed by atoms with Crippen LogP contribution < -0.4 is 16.2 Å². The molecule has 0 radical (unpaired) electrons. The van der Waals surface area contributed by atoms with Gasteiger partial charge in [0.05, 0.1) is 30.9 Å². The number of allylic oxidation sites excluding steroid dienone is 4. The third-order valence-corrected chi connectivity index (χ3v) is 5.62. The van der Waals surface area contributed by atoms with Crippen molar-refractivity contribution in [2.24, 2.45) is 0 Å². The van der Waals surface area contributed by atoms with E-state index in [4.69, 9.17) is 5.11 Å². The van der Waals surface area contributed by atoms with E-state index in [2.05, 4.69) is 15.6 Å². The highest BCUT2D eigenvalue weighted by molar-refractivity contribution is 6.04. The Kier molecular flexibility index (Phi) is 6.15. The summed E-state index contributed by atoms with van der Waals surface area (Å²) in [5.41, 5.74) is -0.574. The molecule has 11 heteroatoms. The second-order valence-corrected chi connectivity index (χ2v) is 8.07. The lowest BCUT2D eigenvalue weighted by molar-refractivity contribution is -0.000936. The van der Waals surface area contributed by atoms with E-state index >= 15 is 0 Å². The molecule has 0 spiro atoms. The molecular weight excluding hydrogens is 441 g/mol. The molecule has 1 aliphatic heterocycles. The number of aliphatic hydroxyl groups excluding tert-OH is 1. The average molecular weight is 464 g/mol. The summed E-state index contributed by atoms with van der Waals surface area (Å²) in [6.45, 7) is -2.38. The number of halogens is 3. The highest BCUT2D eigenvalue weighted by atomic mass is 19.3. The Balaban J connectivity index is 1.90. The van der Waals surface area contributed by atoms with Crippen LogP contribution in [0.5, 0.6) is 5.75 Å². The molecule has 2 aromatic rings. The molecule has 33 heavy (non-hydrogen) atoms. The Bertz CT molecular complexity index is 1220. The molecule has 8 nitrogen and oxygen atoms in total. The lowest BCUT2D eigenvalue weighted by atomic mass is 10.0. The number of carbonyl (C=O) groups is 1. The Hall–Kier alpha value is -3.34. The minimum Gasteiger partial charge on any atom is -0.505 e. The Morgan fingerprint density at radius 3 is 2.94 bits per heavy atom. The third kappa shape index (κ3) is 4.45. The highest BCUT2D eigenvalue weighted by Crippen LogP contribution is 2.36. The number of pyridine rings is 2. The molecule has 2 aliphatic rings. The Labute approximate surface area is 186 Å². The van der Waals surface area contributed by atoms with E-state index in [1.165, 1.54) is 12.3 Å². The largest absolute Gasteiger partial charge is 0.505 e. The van der Waals surface area contributed by atoms with E-state index in [1.54, 1.807) is 6.08 Å². The maximum Gasteiger partial charge on any atom is 0.282 e. The van der Waals surface area contributed by atoms with Crippen molar-refractivity contribution in [1.82, 2.24) is 14.9 Å². The van der Waals surface area contributed by atoms with Gasteiger partial charge >= 0.3 is 0 Å². The number of aliphatic hydroxyl groups is 1. The van der Waals surface area contributed by atoms with Gasteiger partial charge in [-0.3, -0.25) is 19.1 Å². The first-order valence-electron chi connectivity index (χ1n) is 10.5. The smallest absolute Gasteiger partial charge is 0.282 e. The highest BCUT2D eigenvalue weighted by Gasteiger charge is 2.37. The zero-order valence-corrected chi connectivity index (χ0v) is 17.6. The molecule has 1 aliphatic carbocycles. The molecule has 2 aromatic heterocycles. The first-order chi connectivity index (χ1) is 15.7. The number of hydrogen-bond acceptors (Lipinski definition) is 6. The average Bonchev–Trinajstić information content (AvgIpc) is 3.06. The van der Waals surface area contributed by atoms with Crippen molar-refractivity contribution < 1.29 is 28.2 Å². The van der Waals surface area contributed by atoms with Gasteiger partial charge in [-0.15, -0.1) is 0 Å². The predicted molar refractivity (Wildman–Crippen MR) is 116 cm³/mol. The summed E-state index contributed by atoms with van der Waals surface area (Å²) in [5, 5.41) is 24.5. The molecule has 0 bridgehead atoms. The fourth-order valence-electron chi connectivity index (χ4n) is 4.05. The molecule has 176 valence electrons. The van der Waals surface area contributed by atoms with Crippen LogP contribution in [0.15, 0.2) is 34.8 Å². The fraction of sp³-hybridized carbons (Fsp3) is 0.409. The van der Waals surface area contributed by atoms with Gasteiger partial charge in [-0.05, 0) is 18.4 Å². The van der Waals surface area contributed by atoms with Crippen molar-refractivity contribution in [3.63, 3.8) is 0 Å². The molecule has 4 N–H and O–H groups in total. The van der Waals surface area contributed by atoms with Gasteiger partial charge < -0.3 is 20.8 Å². The van der Waals surface area contributed by atoms with Crippen molar-refractivity contribution in [3.8, 4) is 5.75 Å². The van der Waals surface area contributed by atoms with E-state index in [-0.39, 0.29) is 29.7 Å². The summed E-state index contributed by atoms with van der Waals surface area (Å²) in [6, 6.07) is 0. The summed E-state index contributed by atoms with van der Waals surface area (Å²) in [6.07, 6.45) is 6.36. The lowest BCUT2D eigenvalue weighted by Crippen LogP contribution is -2.38. The van der Waals surface area contributed by atoms with Gasteiger partial charge in [0.25, 0.3) is 17.4 Å². The first kappa shape index (κ1) is 22.8. The van der Waals surface area contributed by atoms with Gasteiger partial charge in [0.15, 0.2) is 5.75 Å². The maximum atomic E-state index is 14.6. The third-order valence-electron chi connectivity index (χ3n) is 5.62. The molecule has 0 aromatic carbocycles. The van der Waals surface area contributed by atoms with Crippen LogP contribution >= 0.6 is 0 Å². The summed E-state index contributed by atoms with van der Waals surface area (Å²) >= 11 is 0. The SMILES string of the molecule is O=C(NCCO)c1c(O)c2ncc(CC3=CCCC(F)C=C3)c3c2n(c1=O)CC(F)(F)CN3. The molecule has 0 saturated carbocycles. The van der Waals surface area contributed by atoms with Gasteiger partial charge in [0, 0.05) is 24.7 Å². The van der Waals surface area contributed by atoms with Crippen LogP contribution in [0.1, 0.15) is 28.8 Å². The molecule has 3 heterocycles. The topological polar surface area (TPSA) is 116 Å². The number of aromatic hydroxyl groups is 1. The van der Waals surface area contributed by atoms with Gasteiger partial charge in [-0.2, -0.15) is 0 Å². The number of rotatable bonds is 5. The van der Waals surface area contributed by atoms with Crippen molar-refractivity contribution in [2.75, 3.05) is 25.0 Å². The number of nitrogens with zero attached hydrogens (tertiary/aromatic N) is 2. The molecule has 1 amide bonds. The van der Waals surface area contributed by atoms with Crippen molar-refractivity contribution in [2.45, 2.75) is 37.9 Å². The van der Waals surface area contributed by atoms with Gasteiger partial charge in [0.1, 0.15) is 17.3 Å². The van der Waals surface area contributed by atoms with Gasteiger partial charge in [-0.1, -0.05) is 18.2 Å². The van der Waals surface area contributed by atoms with Crippen LogP contribution in [0.3, 0.4) is 0 Å². The standard InChI is InChI=1S/C22H23F3N4O4/c23-14-3-1-2-12(4-5-14)8-13-9-27-17-18-16(13)28-10-22(24,25)11-29(18)21(33)15(19(17)31)20(32)26-6-7-30/h2,4-5,9,14,28,30-31H,1,3,6-8,10-11H2,(H,26,32). The van der Waals surface area contributed by atoms with Gasteiger partial charge in [0.2, 0.25) is 0 Å². The normalized spacial score (nSPS) is 19.4. The molecule has 1 atom stereocenters. The molecular formula is C22H23F3N4O4.